The van der Waals surface area contributed by atoms with Crippen LogP contribution in [0.1, 0.15) is 24.0 Å². The van der Waals surface area contributed by atoms with Crippen LogP contribution in [0.4, 0.5) is 5.69 Å². The van der Waals surface area contributed by atoms with Gasteiger partial charge < -0.3 is 10.0 Å². The summed E-state index contributed by atoms with van der Waals surface area (Å²) in [5.41, 5.74) is 4.25. The molecule has 1 aromatic carbocycles. The number of nitrogens with zero attached hydrogens (tertiary/aromatic N) is 1. The van der Waals surface area contributed by atoms with Gasteiger partial charge in [-0.15, -0.1) is 0 Å². The van der Waals surface area contributed by atoms with E-state index in [2.05, 4.69) is 23.1 Å². The molecule has 1 aliphatic rings. The van der Waals surface area contributed by atoms with Gasteiger partial charge in [0, 0.05) is 19.3 Å². The average molecular weight is 205 g/mol. The van der Waals surface area contributed by atoms with Crippen LogP contribution >= 0.6 is 0 Å². The number of aliphatic hydroxyl groups excluding tert-OH is 1. The molecule has 15 heavy (non-hydrogen) atoms. The first-order valence-corrected chi connectivity index (χ1v) is 5.75. The molecule has 0 aliphatic heterocycles. The first-order valence-electron chi connectivity index (χ1n) is 5.75. The van der Waals surface area contributed by atoms with Gasteiger partial charge in [0.2, 0.25) is 0 Å². The third kappa shape index (κ3) is 2.32. The maximum Gasteiger partial charge on any atom is 0.0606 e. The Labute approximate surface area is 91.5 Å². The lowest BCUT2D eigenvalue weighted by molar-refractivity contribution is 0.304. The van der Waals surface area contributed by atoms with Gasteiger partial charge in [-0.1, -0.05) is 6.07 Å². The Hall–Kier alpha value is -1.02. The van der Waals surface area contributed by atoms with Gasteiger partial charge in [0.25, 0.3) is 0 Å². The number of benzene rings is 1. The van der Waals surface area contributed by atoms with Crippen LogP contribution in [0.3, 0.4) is 0 Å². The van der Waals surface area contributed by atoms with E-state index in [-0.39, 0.29) is 6.61 Å². The van der Waals surface area contributed by atoms with Crippen molar-refractivity contribution < 1.29 is 5.11 Å². The molecule has 0 heterocycles. The fourth-order valence-corrected chi connectivity index (χ4v) is 2.24. The summed E-state index contributed by atoms with van der Waals surface area (Å²) in [5, 5.41) is 8.89. The van der Waals surface area contributed by atoms with Crippen molar-refractivity contribution in [1.29, 1.82) is 0 Å². The van der Waals surface area contributed by atoms with Crippen molar-refractivity contribution in [3.63, 3.8) is 0 Å². The molecule has 2 heteroatoms. The molecule has 1 aromatic rings. The Bertz CT molecular complexity index is 335. The Morgan fingerprint density at radius 3 is 2.67 bits per heavy atom. The summed E-state index contributed by atoms with van der Waals surface area (Å²) in [6.07, 6.45) is 5.11. The number of likely N-dealkylation sites (N-methyl/N-ethyl adjacent to an activating group) is 1. The Balaban J connectivity index is 2.20. The summed E-state index contributed by atoms with van der Waals surface area (Å²) >= 11 is 0. The van der Waals surface area contributed by atoms with Gasteiger partial charge in [-0.05, 0) is 48.9 Å². The number of hydrogen-bond donors (Lipinski definition) is 1. The van der Waals surface area contributed by atoms with Crippen LogP contribution in [0, 0.1) is 0 Å². The summed E-state index contributed by atoms with van der Waals surface area (Å²) in [5.74, 6) is 0. The van der Waals surface area contributed by atoms with Gasteiger partial charge in [-0.3, -0.25) is 0 Å². The molecule has 0 atom stereocenters. The zero-order valence-corrected chi connectivity index (χ0v) is 9.37. The molecule has 0 saturated heterocycles. The predicted molar refractivity (Wildman–Crippen MR) is 63.4 cm³/mol. The summed E-state index contributed by atoms with van der Waals surface area (Å²) in [7, 11) is 2.03. The Morgan fingerprint density at radius 1 is 1.20 bits per heavy atom. The molecule has 0 radical (unpaired) electrons. The van der Waals surface area contributed by atoms with E-state index in [4.69, 9.17) is 5.11 Å². The van der Waals surface area contributed by atoms with Crippen LogP contribution in [-0.2, 0) is 12.8 Å². The topological polar surface area (TPSA) is 23.5 Å². The average Bonchev–Trinajstić information content (AvgIpc) is 2.29. The monoisotopic (exact) mass is 205 g/mol. The molecule has 82 valence electrons. The van der Waals surface area contributed by atoms with Crippen molar-refractivity contribution >= 4 is 5.69 Å². The number of aryl methyl sites for hydroxylation is 2. The Morgan fingerprint density at radius 2 is 1.93 bits per heavy atom. The molecule has 0 fully saturated rings. The molecule has 0 unspecified atom stereocenters. The SMILES string of the molecule is CN(CCO)c1ccc2c(c1)CCCC2. The fourth-order valence-electron chi connectivity index (χ4n) is 2.24. The van der Waals surface area contributed by atoms with Crippen molar-refractivity contribution in [2.75, 3.05) is 25.1 Å². The highest BCUT2D eigenvalue weighted by Crippen LogP contribution is 2.25. The third-order valence-corrected chi connectivity index (χ3v) is 3.21. The molecule has 0 saturated carbocycles. The van der Waals surface area contributed by atoms with E-state index in [1.165, 1.54) is 42.5 Å². The number of anilines is 1. The molecule has 0 bridgehead atoms. The minimum atomic E-state index is 0.216. The van der Waals surface area contributed by atoms with Gasteiger partial charge in [0.05, 0.1) is 6.61 Å². The number of aliphatic hydroxyl groups is 1. The number of fused-ring (bicyclic) bond motifs is 1. The minimum Gasteiger partial charge on any atom is -0.395 e. The highest BCUT2D eigenvalue weighted by Gasteiger charge is 2.10. The minimum absolute atomic E-state index is 0.216. The van der Waals surface area contributed by atoms with Crippen LogP contribution in [0.2, 0.25) is 0 Å². The summed E-state index contributed by atoms with van der Waals surface area (Å²) in [6.45, 7) is 0.923. The van der Waals surface area contributed by atoms with Crippen molar-refractivity contribution in [1.82, 2.24) is 0 Å². The van der Waals surface area contributed by atoms with Crippen LogP contribution in [0.5, 0.6) is 0 Å². The highest BCUT2D eigenvalue weighted by atomic mass is 16.3. The van der Waals surface area contributed by atoms with E-state index in [9.17, 15) is 0 Å². The van der Waals surface area contributed by atoms with Crippen LogP contribution in [-0.4, -0.2) is 25.3 Å². The second kappa shape index (κ2) is 4.67. The van der Waals surface area contributed by atoms with Gasteiger partial charge in [-0.2, -0.15) is 0 Å². The van der Waals surface area contributed by atoms with E-state index in [1.54, 1.807) is 0 Å². The smallest absolute Gasteiger partial charge is 0.0606 e. The van der Waals surface area contributed by atoms with Crippen molar-refractivity contribution in [3.05, 3.63) is 29.3 Å². The quantitative estimate of drug-likeness (QED) is 0.815. The maximum absolute atomic E-state index is 8.89. The van der Waals surface area contributed by atoms with Crippen molar-refractivity contribution in [3.8, 4) is 0 Å². The lowest BCUT2D eigenvalue weighted by Gasteiger charge is -2.22. The van der Waals surface area contributed by atoms with Crippen LogP contribution in [0.15, 0.2) is 18.2 Å². The molecule has 1 N–H and O–H groups in total. The summed E-state index contributed by atoms with van der Waals surface area (Å²) < 4.78 is 0. The Kier molecular flexibility index (Phi) is 3.27. The molecule has 0 aromatic heterocycles. The molecule has 2 rings (SSSR count). The first-order chi connectivity index (χ1) is 7.31. The lowest BCUT2D eigenvalue weighted by atomic mass is 9.91. The van der Waals surface area contributed by atoms with E-state index < -0.39 is 0 Å². The van der Waals surface area contributed by atoms with Gasteiger partial charge in [-0.25, -0.2) is 0 Å². The third-order valence-electron chi connectivity index (χ3n) is 3.21. The van der Waals surface area contributed by atoms with Crippen LogP contribution < -0.4 is 4.90 Å². The summed E-state index contributed by atoms with van der Waals surface area (Å²) in [6, 6.07) is 6.70. The van der Waals surface area contributed by atoms with Gasteiger partial charge >= 0.3 is 0 Å². The lowest BCUT2D eigenvalue weighted by Crippen LogP contribution is -2.21. The highest BCUT2D eigenvalue weighted by molar-refractivity contribution is 5.51. The molecular formula is C13H19NO. The second-order valence-corrected chi connectivity index (χ2v) is 4.31. The first kappa shape index (κ1) is 10.5. The van der Waals surface area contributed by atoms with Crippen LogP contribution in [0.25, 0.3) is 0 Å². The van der Waals surface area contributed by atoms with E-state index >= 15 is 0 Å². The van der Waals surface area contributed by atoms with E-state index in [0.717, 1.165) is 0 Å². The van der Waals surface area contributed by atoms with Gasteiger partial charge in [0.15, 0.2) is 0 Å². The molecular weight excluding hydrogens is 186 g/mol. The van der Waals surface area contributed by atoms with Crippen molar-refractivity contribution in [2.24, 2.45) is 0 Å². The van der Waals surface area contributed by atoms with E-state index in [0.29, 0.717) is 6.54 Å². The molecule has 1 aliphatic carbocycles. The second-order valence-electron chi connectivity index (χ2n) is 4.31. The fraction of sp³-hybridized carbons (Fsp3) is 0.538. The largest absolute Gasteiger partial charge is 0.395 e. The normalized spacial score (nSPS) is 14.8. The molecule has 0 spiro atoms. The number of rotatable bonds is 3. The predicted octanol–water partition coefficient (Wildman–Crippen LogP) is 1.99. The zero-order valence-electron chi connectivity index (χ0n) is 9.37. The number of hydrogen-bond acceptors (Lipinski definition) is 2. The van der Waals surface area contributed by atoms with Gasteiger partial charge in [0.1, 0.15) is 0 Å². The van der Waals surface area contributed by atoms with Crippen molar-refractivity contribution in [2.45, 2.75) is 25.7 Å². The van der Waals surface area contributed by atoms with E-state index in [1.807, 2.05) is 7.05 Å². The molecule has 2 nitrogen and oxygen atoms in total. The zero-order chi connectivity index (χ0) is 10.7. The standard InChI is InChI=1S/C13H19NO/c1-14(8-9-15)13-7-6-11-4-2-3-5-12(11)10-13/h6-7,10,15H,2-5,8-9H2,1H3. The summed E-state index contributed by atoms with van der Waals surface area (Å²) in [4.78, 5) is 2.11. The maximum atomic E-state index is 8.89. The molecule has 0 amide bonds.